The number of nitrogens with one attached hydrogen (secondary N) is 1. The summed E-state index contributed by atoms with van der Waals surface area (Å²) in [5.41, 5.74) is 4.15. The number of aromatic carboxylic acids is 1. The Morgan fingerprint density at radius 3 is 2.36 bits per heavy atom. The number of hydrogen-bond acceptors (Lipinski definition) is 2. The minimum Gasteiger partial charge on any atom is -0.478 e. The molecule has 5 nitrogen and oxygen atoms in total. The monoisotopic (exact) mass is 560 g/mol. The van der Waals surface area contributed by atoms with Crippen molar-refractivity contribution in [3.05, 3.63) is 149 Å². The van der Waals surface area contributed by atoms with E-state index in [0.29, 0.717) is 17.5 Å². The number of carbonyl (C=O) groups excluding carboxylic acids is 1. The molecule has 0 radical (unpaired) electrons. The fraction of sp³-hybridized carbons (Fsp3) is 0.0857. The quantitative estimate of drug-likeness (QED) is 0.209. The molecular weight excluding hydrogens is 534 g/mol. The first-order chi connectivity index (χ1) is 20.3. The molecule has 0 saturated carbocycles. The van der Waals surface area contributed by atoms with Crippen LogP contribution in [-0.4, -0.2) is 21.4 Å². The normalized spacial score (nSPS) is 12.0. The molecule has 6 rings (SSSR count). The van der Waals surface area contributed by atoms with E-state index in [2.05, 4.69) is 35.6 Å². The van der Waals surface area contributed by atoms with Gasteiger partial charge in [0.05, 0.1) is 11.6 Å². The predicted molar refractivity (Wildman–Crippen MR) is 159 cm³/mol. The highest BCUT2D eigenvalue weighted by Gasteiger charge is 2.20. The molecule has 0 aliphatic rings. The summed E-state index contributed by atoms with van der Waals surface area (Å²) >= 11 is 0. The molecule has 2 N–H and O–H groups in total. The molecule has 0 saturated heterocycles. The fourth-order valence-corrected chi connectivity index (χ4v) is 5.32. The highest BCUT2D eigenvalue weighted by Crippen LogP contribution is 2.29. The van der Waals surface area contributed by atoms with Gasteiger partial charge in [-0.1, -0.05) is 54.6 Å². The van der Waals surface area contributed by atoms with Crippen LogP contribution in [0.25, 0.3) is 27.4 Å². The van der Waals surface area contributed by atoms with Gasteiger partial charge in [-0.25, -0.2) is 13.6 Å². The Balaban J connectivity index is 1.42. The van der Waals surface area contributed by atoms with Crippen LogP contribution >= 0.6 is 0 Å². The topological polar surface area (TPSA) is 70.8 Å². The summed E-state index contributed by atoms with van der Waals surface area (Å²) < 4.78 is 30.8. The number of carboxylic acid groups (broad SMARTS) is 1. The summed E-state index contributed by atoms with van der Waals surface area (Å²) in [5, 5.41) is 14.4. The number of nitrogens with zero attached hydrogens (tertiary/aromatic N) is 1. The van der Waals surface area contributed by atoms with Gasteiger partial charge in [-0.05, 0) is 89.0 Å². The SMILES string of the molecule is C[C@H](NC(=O)c1cc(-c2cc(F)ccc2F)cc2ccc(Cc3ccc4ccccc4c3)n12)c1ccc(C(=O)O)cc1. The second-order valence-electron chi connectivity index (χ2n) is 10.3. The van der Waals surface area contributed by atoms with Gasteiger partial charge in [0.25, 0.3) is 5.91 Å². The third-order valence-electron chi connectivity index (χ3n) is 7.50. The molecule has 1 amide bonds. The van der Waals surface area contributed by atoms with Gasteiger partial charge in [0.1, 0.15) is 17.3 Å². The third kappa shape index (κ3) is 5.24. The molecule has 42 heavy (non-hydrogen) atoms. The molecule has 7 heteroatoms. The first-order valence-corrected chi connectivity index (χ1v) is 13.5. The number of aromatic nitrogens is 1. The lowest BCUT2D eigenvalue weighted by molar-refractivity contribution is 0.0696. The van der Waals surface area contributed by atoms with Crippen molar-refractivity contribution >= 4 is 28.2 Å². The lowest BCUT2D eigenvalue weighted by Crippen LogP contribution is -2.28. The average Bonchev–Trinajstić information content (AvgIpc) is 3.40. The summed E-state index contributed by atoms with van der Waals surface area (Å²) in [6, 6.07) is 30.5. The average molecular weight is 561 g/mol. The fourth-order valence-electron chi connectivity index (χ4n) is 5.32. The smallest absolute Gasteiger partial charge is 0.335 e. The van der Waals surface area contributed by atoms with Gasteiger partial charge < -0.3 is 14.8 Å². The van der Waals surface area contributed by atoms with Gasteiger partial charge in [0.2, 0.25) is 0 Å². The van der Waals surface area contributed by atoms with Crippen LogP contribution in [0.5, 0.6) is 0 Å². The lowest BCUT2D eigenvalue weighted by Gasteiger charge is -2.18. The van der Waals surface area contributed by atoms with Gasteiger partial charge in [-0.3, -0.25) is 4.79 Å². The number of hydrogen-bond donors (Lipinski definition) is 2. The van der Waals surface area contributed by atoms with Crippen LogP contribution in [0.1, 0.15) is 50.6 Å². The number of carbonyl (C=O) groups is 2. The zero-order valence-corrected chi connectivity index (χ0v) is 22.6. The van der Waals surface area contributed by atoms with Gasteiger partial charge in [-0.15, -0.1) is 0 Å². The molecule has 6 aromatic rings. The van der Waals surface area contributed by atoms with Crippen LogP contribution in [0.3, 0.4) is 0 Å². The highest BCUT2D eigenvalue weighted by molar-refractivity contribution is 5.96. The molecular formula is C35H26F2N2O3. The first-order valence-electron chi connectivity index (χ1n) is 13.5. The molecule has 2 aromatic heterocycles. The van der Waals surface area contributed by atoms with Crippen molar-refractivity contribution in [2.24, 2.45) is 0 Å². The first kappa shape index (κ1) is 26.9. The second kappa shape index (κ2) is 10.9. The number of fused-ring (bicyclic) bond motifs is 2. The number of amides is 1. The molecule has 4 aromatic carbocycles. The molecule has 0 bridgehead atoms. The summed E-state index contributed by atoms with van der Waals surface area (Å²) in [4.78, 5) is 25.1. The Hall–Kier alpha value is -5.30. The molecule has 2 heterocycles. The van der Waals surface area contributed by atoms with Crippen molar-refractivity contribution in [3.8, 4) is 11.1 Å². The van der Waals surface area contributed by atoms with Crippen molar-refractivity contribution in [2.45, 2.75) is 19.4 Å². The van der Waals surface area contributed by atoms with Crippen LogP contribution in [0, 0.1) is 11.6 Å². The molecule has 0 aliphatic carbocycles. The standard InChI is InChI=1S/C35H26F2N2O3/c1-21(23-8-10-25(11-9-23)35(41)42)38-34(40)33-19-27(31-20-28(36)12-15-32(31)37)18-30-14-13-29(39(30)33)17-22-6-7-24-4-2-3-5-26(24)16-22/h2-16,18-21H,17H2,1H3,(H,38,40)(H,41,42)/t21-/m0/s1. The Kier molecular flexibility index (Phi) is 7.00. The van der Waals surface area contributed by atoms with E-state index in [-0.39, 0.29) is 16.8 Å². The minimum atomic E-state index is -1.03. The summed E-state index contributed by atoms with van der Waals surface area (Å²) in [6.45, 7) is 1.80. The molecule has 0 fully saturated rings. The zero-order chi connectivity index (χ0) is 29.4. The maximum atomic E-state index is 14.8. The van der Waals surface area contributed by atoms with E-state index in [1.807, 2.05) is 28.7 Å². The number of benzene rings is 4. The molecule has 1 atom stereocenters. The van der Waals surface area contributed by atoms with Crippen LogP contribution in [0.2, 0.25) is 0 Å². The molecule has 0 unspecified atom stereocenters. The zero-order valence-electron chi connectivity index (χ0n) is 22.6. The van der Waals surface area contributed by atoms with E-state index in [1.165, 1.54) is 12.1 Å². The molecule has 0 aliphatic heterocycles. The number of pyridine rings is 1. The van der Waals surface area contributed by atoms with Crippen LogP contribution in [0.15, 0.2) is 109 Å². The van der Waals surface area contributed by atoms with E-state index >= 15 is 0 Å². The maximum absolute atomic E-state index is 14.8. The Bertz CT molecular complexity index is 1980. The third-order valence-corrected chi connectivity index (χ3v) is 7.50. The predicted octanol–water partition coefficient (Wildman–Crippen LogP) is 7.82. The summed E-state index contributed by atoms with van der Waals surface area (Å²) in [6.07, 6.45) is 0.541. The summed E-state index contributed by atoms with van der Waals surface area (Å²) in [7, 11) is 0. The Morgan fingerprint density at radius 2 is 1.60 bits per heavy atom. The van der Waals surface area contributed by atoms with E-state index < -0.39 is 29.6 Å². The van der Waals surface area contributed by atoms with Gasteiger partial charge in [-0.2, -0.15) is 0 Å². The maximum Gasteiger partial charge on any atom is 0.335 e. The van der Waals surface area contributed by atoms with Gasteiger partial charge in [0.15, 0.2) is 0 Å². The Morgan fingerprint density at radius 1 is 0.833 bits per heavy atom. The second-order valence-corrected chi connectivity index (χ2v) is 10.3. The Labute approximate surface area is 240 Å². The number of carboxylic acids is 1. The van der Waals surface area contributed by atoms with E-state index in [0.717, 1.165) is 45.8 Å². The van der Waals surface area contributed by atoms with Crippen molar-refractivity contribution < 1.29 is 23.5 Å². The van der Waals surface area contributed by atoms with Crippen molar-refractivity contribution in [1.29, 1.82) is 0 Å². The van der Waals surface area contributed by atoms with Gasteiger partial charge in [0, 0.05) is 23.2 Å². The van der Waals surface area contributed by atoms with Crippen LogP contribution in [-0.2, 0) is 6.42 Å². The number of rotatable bonds is 7. The van der Waals surface area contributed by atoms with Crippen molar-refractivity contribution in [1.82, 2.24) is 9.72 Å². The lowest BCUT2D eigenvalue weighted by atomic mass is 10.0. The minimum absolute atomic E-state index is 0.0566. The highest BCUT2D eigenvalue weighted by atomic mass is 19.1. The number of halogens is 2. The van der Waals surface area contributed by atoms with E-state index in [4.69, 9.17) is 0 Å². The van der Waals surface area contributed by atoms with Crippen LogP contribution in [0.4, 0.5) is 8.78 Å². The van der Waals surface area contributed by atoms with Crippen molar-refractivity contribution in [2.75, 3.05) is 0 Å². The molecule has 0 spiro atoms. The van der Waals surface area contributed by atoms with Crippen molar-refractivity contribution in [3.63, 3.8) is 0 Å². The molecule has 208 valence electrons. The largest absolute Gasteiger partial charge is 0.478 e. The summed E-state index contributed by atoms with van der Waals surface area (Å²) in [5.74, 6) is -2.62. The van der Waals surface area contributed by atoms with E-state index in [1.54, 1.807) is 31.2 Å². The van der Waals surface area contributed by atoms with Gasteiger partial charge >= 0.3 is 5.97 Å². The van der Waals surface area contributed by atoms with E-state index in [9.17, 15) is 23.5 Å². The van der Waals surface area contributed by atoms with Crippen LogP contribution < -0.4 is 5.32 Å².